The molecule has 1 aliphatic carbocycles. The van der Waals surface area contributed by atoms with Crippen molar-refractivity contribution in [2.75, 3.05) is 38.1 Å². The summed E-state index contributed by atoms with van der Waals surface area (Å²) in [7, 11) is 1.84. The Bertz CT molecular complexity index is 3340. The smallest absolute Gasteiger partial charge is 0.303 e. The number of nitrogens with one attached hydrogen (secondary N) is 3. The van der Waals surface area contributed by atoms with Gasteiger partial charge in [0.2, 0.25) is 17.5 Å². The van der Waals surface area contributed by atoms with E-state index < -0.39 is 11.8 Å². The molecule has 3 amide bonds. The lowest BCUT2D eigenvalue weighted by Crippen LogP contribution is -2.28. The zero-order valence-corrected chi connectivity index (χ0v) is 49.6. The molecular formula is C69H83ClFN6O5+. The molecule has 432 valence electrons. The lowest BCUT2D eigenvalue weighted by atomic mass is 9.81. The Kier molecular flexibility index (Phi) is 19.5. The summed E-state index contributed by atoms with van der Waals surface area (Å²) in [5.74, 6) is -1.23. The van der Waals surface area contributed by atoms with Crippen molar-refractivity contribution in [1.82, 2.24) is 20.5 Å². The molecule has 11 nitrogen and oxygen atoms in total. The summed E-state index contributed by atoms with van der Waals surface area (Å²) in [6.45, 7) is 12.5. The van der Waals surface area contributed by atoms with Crippen LogP contribution in [0.5, 0.6) is 0 Å². The van der Waals surface area contributed by atoms with Crippen molar-refractivity contribution >= 4 is 63.3 Å². The van der Waals surface area contributed by atoms with Crippen LogP contribution in [0.2, 0.25) is 0 Å². The quantitative estimate of drug-likeness (QED) is 0.0321. The number of para-hydroxylation sites is 2. The van der Waals surface area contributed by atoms with Crippen LogP contribution in [0.4, 0.5) is 15.8 Å². The maximum atomic E-state index is 14.4. The van der Waals surface area contributed by atoms with E-state index in [1.807, 2.05) is 31.3 Å². The van der Waals surface area contributed by atoms with Crippen molar-refractivity contribution in [2.45, 2.75) is 161 Å². The number of hydrogen-bond donors (Lipinski definition) is 4. The zero-order valence-electron chi connectivity index (χ0n) is 48.8. The molecule has 3 aliphatic heterocycles. The van der Waals surface area contributed by atoms with Crippen molar-refractivity contribution in [3.05, 3.63) is 165 Å². The van der Waals surface area contributed by atoms with E-state index >= 15 is 0 Å². The Labute approximate surface area is 489 Å². The second-order valence-electron chi connectivity index (χ2n) is 23.9. The third-order valence-corrected chi connectivity index (χ3v) is 17.8. The first-order valence-electron chi connectivity index (χ1n) is 30.1. The number of carboxylic acid groups (broad SMARTS) is 1. The number of H-pyrrole nitrogens is 1. The highest BCUT2D eigenvalue weighted by atomic mass is 35.5. The van der Waals surface area contributed by atoms with Crippen LogP contribution in [-0.2, 0) is 38.2 Å². The number of benzene rings is 4. The predicted octanol–water partition coefficient (Wildman–Crippen LogP) is 14.8. The van der Waals surface area contributed by atoms with Crippen molar-refractivity contribution in [1.29, 1.82) is 0 Å². The first-order chi connectivity index (χ1) is 39.5. The zero-order chi connectivity index (χ0) is 58.0. The number of carbonyl (C=O) groups excluding carboxylic acids is 3. The van der Waals surface area contributed by atoms with E-state index in [9.17, 15) is 23.6 Å². The fraction of sp³-hybridized carbons (Fsp3) is 0.435. The number of aromatic nitrogens is 1. The highest BCUT2D eigenvalue weighted by Gasteiger charge is 2.44. The lowest BCUT2D eigenvalue weighted by molar-refractivity contribution is -0.438. The number of fused-ring (bicyclic) bond motifs is 2. The molecule has 1 aromatic heterocycles. The monoisotopic (exact) mass is 1130 g/mol. The van der Waals surface area contributed by atoms with Crippen LogP contribution < -0.4 is 15.5 Å². The molecule has 5 aromatic rings. The molecule has 0 saturated carbocycles. The Hall–Kier alpha value is -7.05. The average Bonchev–Trinajstić information content (AvgIpc) is 2.83. The number of carboxylic acids is 1. The molecule has 0 bridgehead atoms. The topological polar surface area (TPSA) is 138 Å². The second-order valence-corrected chi connectivity index (χ2v) is 24.3. The van der Waals surface area contributed by atoms with E-state index in [-0.39, 0.29) is 35.0 Å². The summed E-state index contributed by atoms with van der Waals surface area (Å²) >= 11 is 7.33. The molecule has 0 spiro atoms. The number of allylic oxidation sites excluding steroid dienone is 8. The van der Waals surface area contributed by atoms with Gasteiger partial charge in [-0.2, -0.15) is 4.58 Å². The van der Waals surface area contributed by atoms with Gasteiger partial charge in [-0.1, -0.05) is 124 Å². The van der Waals surface area contributed by atoms with Crippen molar-refractivity contribution in [2.24, 2.45) is 0 Å². The number of nitrogens with zero attached hydrogens (tertiary/aromatic N) is 3. The van der Waals surface area contributed by atoms with Gasteiger partial charge in [0.1, 0.15) is 12.4 Å². The molecule has 0 fully saturated rings. The van der Waals surface area contributed by atoms with Gasteiger partial charge in [-0.15, -0.1) is 0 Å². The fourth-order valence-corrected chi connectivity index (χ4v) is 13.1. The van der Waals surface area contributed by atoms with Gasteiger partial charge in [0.15, 0.2) is 5.71 Å². The largest absolute Gasteiger partial charge is 0.481 e. The van der Waals surface area contributed by atoms with Gasteiger partial charge in [0.25, 0.3) is 5.91 Å². The van der Waals surface area contributed by atoms with E-state index in [4.69, 9.17) is 16.7 Å². The van der Waals surface area contributed by atoms with Gasteiger partial charge in [-0.05, 0) is 136 Å². The number of anilines is 1. The summed E-state index contributed by atoms with van der Waals surface area (Å²) in [6, 6.07) is 28.2. The van der Waals surface area contributed by atoms with Crippen LogP contribution in [0.3, 0.4) is 0 Å². The molecule has 4 aromatic carbocycles. The van der Waals surface area contributed by atoms with Crippen LogP contribution in [0.15, 0.2) is 131 Å². The number of halogens is 2. The third-order valence-electron chi connectivity index (χ3n) is 17.3. The molecule has 0 unspecified atom stereocenters. The number of unbranched alkanes of at least 4 members (excludes halogenated alkanes) is 8. The molecule has 82 heavy (non-hydrogen) atoms. The Morgan fingerprint density at radius 3 is 2.30 bits per heavy atom. The van der Waals surface area contributed by atoms with Crippen LogP contribution in [-0.4, -0.2) is 82.2 Å². The average molecular weight is 1130 g/mol. The third kappa shape index (κ3) is 13.7. The molecular weight excluding hydrogens is 1050 g/mol. The number of rotatable bonds is 26. The highest BCUT2D eigenvalue weighted by molar-refractivity contribution is 6.32. The van der Waals surface area contributed by atoms with E-state index in [1.165, 1.54) is 46.0 Å². The number of carbonyl (C=O) groups is 4. The van der Waals surface area contributed by atoms with E-state index in [2.05, 4.69) is 126 Å². The van der Waals surface area contributed by atoms with E-state index in [0.717, 1.165) is 141 Å². The molecule has 4 heterocycles. The predicted molar refractivity (Wildman–Crippen MR) is 330 cm³/mol. The summed E-state index contributed by atoms with van der Waals surface area (Å²) < 4.78 is 16.9. The number of hydrogen-bond acceptors (Lipinski definition) is 5. The maximum Gasteiger partial charge on any atom is 0.303 e. The normalized spacial score (nSPS) is 17.3. The first-order valence-corrected chi connectivity index (χ1v) is 30.4. The molecule has 0 atom stereocenters. The number of aromatic amines is 1. The fourth-order valence-electron chi connectivity index (χ4n) is 12.8. The number of aliphatic carboxylic acids is 1. The summed E-state index contributed by atoms with van der Waals surface area (Å²) in [5.41, 5.74) is 14.3. The SMILES string of the molecule is CN(Cc1ccc(-c2[nH]c3cc(F)cc4c3c2CCNC4=O)cc1)C(=O)CCCCCCCNC(=O)CCCCC[N+]1=C(C=CC2=C(Cl)C(=CC=C3N(CCCCCC(=O)O)c4ccccc4C3(C)C)CCC2)C(C)(C)c2ccccc21. The summed E-state index contributed by atoms with van der Waals surface area (Å²) in [4.78, 5) is 57.2. The Morgan fingerprint density at radius 1 is 0.793 bits per heavy atom. The first kappa shape index (κ1) is 59.6. The van der Waals surface area contributed by atoms with Crippen LogP contribution in [0.25, 0.3) is 22.2 Å². The second kappa shape index (κ2) is 26.9. The van der Waals surface area contributed by atoms with Gasteiger partial charge >= 0.3 is 5.97 Å². The maximum absolute atomic E-state index is 14.4. The van der Waals surface area contributed by atoms with Crippen molar-refractivity contribution < 1.29 is 33.3 Å². The minimum Gasteiger partial charge on any atom is -0.481 e. The van der Waals surface area contributed by atoms with Gasteiger partial charge in [-0.3, -0.25) is 19.2 Å². The Morgan fingerprint density at radius 2 is 1.50 bits per heavy atom. The van der Waals surface area contributed by atoms with E-state index in [0.29, 0.717) is 56.4 Å². The standard InChI is InChI=1S/C69H82ClFN6O5/c1-68(2)54-24-14-16-26-57(54)76(59(68)37-35-48-22-21-23-49(65(48)70)36-38-60-69(3,4)55-25-15-17-27-58(55)77(60)43-20-10-13-30-63(80)81)42-19-9-11-28-61(78)72-40-18-8-6-7-12-29-62(79)75(5)46-47-31-33-50(34-32-47)66-52-39-41-73-67(82)53-44-51(71)45-56(74-66)64(52)53/h14-17,24-27,31-38,44-45H,6-13,18-23,28-30,39-43,46H2,1-5H3,(H3-,72,73,74,78,80,81,82)/p+1. The van der Waals surface area contributed by atoms with Crippen LogP contribution >= 0.6 is 11.6 Å². The summed E-state index contributed by atoms with van der Waals surface area (Å²) in [6.07, 6.45) is 23.7. The number of amides is 3. The molecule has 0 radical (unpaired) electrons. The van der Waals surface area contributed by atoms with Gasteiger partial charge < -0.3 is 30.5 Å². The molecule has 4 N–H and O–H groups in total. The van der Waals surface area contributed by atoms with Crippen molar-refractivity contribution in [3.63, 3.8) is 0 Å². The molecule has 0 saturated heterocycles. The summed E-state index contributed by atoms with van der Waals surface area (Å²) in [5, 5.41) is 16.8. The van der Waals surface area contributed by atoms with Gasteiger partial charge in [0, 0.05) is 115 Å². The Balaban J connectivity index is 0.698. The molecule has 9 rings (SSSR count). The van der Waals surface area contributed by atoms with Crippen LogP contribution in [0.1, 0.15) is 169 Å². The molecule has 4 aliphatic rings. The van der Waals surface area contributed by atoms with E-state index in [1.54, 1.807) is 4.90 Å². The molecule has 13 heteroatoms. The minimum absolute atomic E-state index is 0.108. The van der Waals surface area contributed by atoms with Gasteiger partial charge in [-0.25, -0.2) is 4.39 Å². The van der Waals surface area contributed by atoms with Crippen molar-refractivity contribution in [3.8, 4) is 11.3 Å². The minimum atomic E-state index is -0.738. The van der Waals surface area contributed by atoms with Gasteiger partial charge in [0.05, 0.1) is 11.0 Å². The highest BCUT2D eigenvalue weighted by Crippen LogP contribution is 2.48. The van der Waals surface area contributed by atoms with Crippen LogP contribution in [0, 0.1) is 5.82 Å². The lowest BCUT2D eigenvalue weighted by Gasteiger charge is -2.27.